The minimum Gasteiger partial charge on any atom is -0.373 e. The lowest BCUT2D eigenvalue weighted by molar-refractivity contribution is -0.137. The molecule has 0 spiro atoms. The summed E-state index contributed by atoms with van der Waals surface area (Å²) in [5.41, 5.74) is 1.43. The van der Waals surface area contributed by atoms with E-state index in [0.29, 0.717) is 12.2 Å². The number of rotatable bonds is 9. The molecule has 0 aromatic heterocycles. The van der Waals surface area contributed by atoms with Crippen molar-refractivity contribution in [1.82, 2.24) is 4.90 Å². The van der Waals surface area contributed by atoms with Crippen LogP contribution in [0.5, 0.6) is 0 Å². The molecular weight excluding hydrogens is 379 g/mol. The third-order valence-corrected chi connectivity index (χ3v) is 9.68. The second-order valence-corrected chi connectivity index (χ2v) is 12.7. The number of alkyl halides is 3. The van der Waals surface area contributed by atoms with Crippen LogP contribution in [0.3, 0.4) is 0 Å². The summed E-state index contributed by atoms with van der Waals surface area (Å²) in [5, 5.41) is 1.03. The van der Waals surface area contributed by atoms with Crippen molar-refractivity contribution in [2.75, 3.05) is 19.6 Å². The molecule has 3 unspecified atom stereocenters. The standard InChI is InChI=1S/C22H34F3NOSi/c1-5-28(4,21-12-10-20(11-13-21)22(23,24)25)15-9-7-6-8-14-26-16-18(2)27-19(3)17-26/h5,10-13,18-19H,1,6-9,14-17H2,2-4H3. The molecule has 1 aliphatic heterocycles. The lowest BCUT2D eigenvalue weighted by Crippen LogP contribution is -2.45. The zero-order valence-electron chi connectivity index (χ0n) is 17.4. The Balaban J connectivity index is 1.75. The number of hydrogen-bond donors (Lipinski definition) is 0. The molecule has 2 nitrogen and oxygen atoms in total. The molecule has 0 radical (unpaired) electrons. The molecule has 0 saturated carbocycles. The van der Waals surface area contributed by atoms with Gasteiger partial charge in [0.2, 0.25) is 0 Å². The van der Waals surface area contributed by atoms with Gasteiger partial charge in [-0.25, -0.2) is 0 Å². The lowest BCUT2D eigenvalue weighted by atomic mass is 10.1. The van der Waals surface area contributed by atoms with Crippen LogP contribution < -0.4 is 5.19 Å². The molecule has 0 aliphatic carbocycles. The molecule has 3 atom stereocenters. The fraction of sp³-hybridized carbons (Fsp3) is 0.636. The number of unbranched alkanes of at least 4 members (excludes halogenated alkanes) is 3. The van der Waals surface area contributed by atoms with E-state index >= 15 is 0 Å². The summed E-state index contributed by atoms with van der Waals surface area (Å²) in [6, 6.07) is 6.74. The first-order valence-corrected chi connectivity index (χ1v) is 13.1. The van der Waals surface area contributed by atoms with Gasteiger partial charge in [-0.1, -0.05) is 67.0 Å². The molecule has 0 bridgehead atoms. The second kappa shape index (κ2) is 10.1. The average Bonchev–Trinajstić information content (AvgIpc) is 2.63. The van der Waals surface area contributed by atoms with Crippen molar-refractivity contribution in [3.8, 4) is 0 Å². The van der Waals surface area contributed by atoms with Crippen LogP contribution in [-0.4, -0.2) is 44.8 Å². The normalized spacial score (nSPS) is 23.4. The van der Waals surface area contributed by atoms with E-state index in [4.69, 9.17) is 4.74 Å². The molecule has 6 heteroatoms. The number of benzene rings is 1. The number of ether oxygens (including phenoxy) is 1. The summed E-state index contributed by atoms with van der Waals surface area (Å²) in [6.45, 7) is 13.6. The maximum Gasteiger partial charge on any atom is 0.416 e. The summed E-state index contributed by atoms with van der Waals surface area (Å²) < 4.78 is 44.1. The molecule has 28 heavy (non-hydrogen) atoms. The van der Waals surface area contributed by atoms with Crippen LogP contribution in [0.15, 0.2) is 36.5 Å². The Morgan fingerprint density at radius 2 is 1.64 bits per heavy atom. The van der Waals surface area contributed by atoms with Crippen molar-refractivity contribution in [2.45, 2.75) is 70.5 Å². The SMILES string of the molecule is C=C[Si](C)(CCCCCCN1CC(C)OC(C)C1)c1ccc(C(F)(F)F)cc1. The van der Waals surface area contributed by atoms with Crippen LogP contribution in [0.4, 0.5) is 13.2 Å². The van der Waals surface area contributed by atoms with Gasteiger partial charge in [-0.2, -0.15) is 13.2 Å². The summed E-state index contributed by atoms with van der Waals surface area (Å²) in [5.74, 6) is 0. The minimum atomic E-state index is -4.28. The van der Waals surface area contributed by atoms with E-state index in [1.807, 2.05) is 5.70 Å². The second-order valence-electron chi connectivity index (χ2n) is 8.38. The third-order valence-electron chi connectivity index (χ3n) is 5.74. The van der Waals surface area contributed by atoms with Crippen molar-refractivity contribution < 1.29 is 17.9 Å². The Morgan fingerprint density at radius 3 is 2.18 bits per heavy atom. The van der Waals surface area contributed by atoms with Crippen molar-refractivity contribution in [1.29, 1.82) is 0 Å². The highest BCUT2D eigenvalue weighted by Crippen LogP contribution is 2.29. The average molecular weight is 414 g/mol. The predicted octanol–water partition coefficient (Wildman–Crippen LogP) is 5.39. The van der Waals surface area contributed by atoms with Crippen molar-refractivity contribution >= 4 is 13.3 Å². The summed E-state index contributed by atoms with van der Waals surface area (Å²) in [7, 11) is -1.92. The molecule has 1 heterocycles. The van der Waals surface area contributed by atoms with E-state index < -0.39 is 19.8 Å². The Kier molecular flexibility index (Phi) is 8.34. The Hall–Kier alpha value is -1.11. The Morgan fingerprint density at radius 1 is 1.07 bits per heavy atom. The van der Waals surface area contributed by atoms with Gasteiger partial charge in [0.1, 0.15) is 8.07 Å². The topological polar surface area (TPSA) is 12.5 Å². The van der Waals surface area contributed by atoms with Crippen LogP contribution in [0.1, 0.15) is 45.1 Å². The molecule has 2 rings (SSSR count). The highest BCUT2D eigenvalue weighted by atomic mass is 28.3. The first-order chi connectivity index (χ1) is 13.1. The van der Waals surface area contributed by atoms with Crippen LogP contribution in [-0.2, 0) is 10.9 Å². The first-order valence-electron chi connectivity index (χ1n) is 10.3. The maximum absolute atomic E-state index is 12.8. The largest absolute Gasteiger partial charge is 0.416 e. The van der Waals surface area contributed by atoms with Gasteiger partial charge in [-0.05, 0) is 26.8 Å². The quantitative estimate of drug-likeness (QED) is 0.398. The lowest BCUT2D eigenvalue weighted by Gasteiger charge is -2.35. The summed E-state index contributed by atoms with van der Waals surface area (Å²) in [4.78, 5) is 2.49. The van der Waals surface area contributed by atoms with Crippen LogP contribution in [0, 0.1) is 0 Å². The molecule has 0 N–H and O–H groups in total. The molecule has 158 valence electrons. The smallest absolute Gasteiger partial charge is 0.373 e. The maximum atomic E-state index is 12.8. The fourth-order valence-electron chi connectivity index (χ4n) is 4.05. The minimum absolute atomic E-state index is 0.312. The van der Waals surface area contributed by atoms with Crippen LogP contribution in [0.25, 0.3) is 0 Å². The molecule has 0 amide bonds. The van der Waals surface area contributed by atoms with Crippen LogP contribution in [0.2, 0.25) is 12.6 Å². The van der Waals surface area contributed by atoms with Gasteiger partial charge in [0, 0.05) is 13.1 Å². The van der Waals surface area contributed by atoms with Crippen molar-refractivity contribution in [3.63, 3.8) is 0 Å². The van der Waals surface area contributed by atoms with Crippen molar-refractivity contribution in [3.05, 3.63) is 42.1 Å². The number of morpholine rings is 1. The number of halogens is 3. The van der Waals surface area contributed by atoms with E-state index in [1.165, 1.54) is 25.0 Å². The molecule has 1 fully saturated rings. The third kappa shape index (κ3) is 6.74. The Bertz CT molecular complexity index is 609. The number of hydrogen-bond acceptors (Lipinski definition) is 2. The fourth-order valence-corrected chi connectivity index (χ4v) is 6.69. The van der Waals surface area contributed by atoms with E-state index in [1.54, 1.807) is 12.1 Å². The van der Waals surface area contributed by atoms with E-state index in [9.17, 15) is 13.2 Å². The highest BCUT2D eigenvalue weighted by molar-refractivity contribution is 6.94. The zero-order valence-corrected chi connectivity index (χ0v) is 18.4. The van der Waals surface area contributed by atoms with E-state index in [0.717, 1.165) is 43.7 Å². The molecule has 1 saturated heterocycles. The number of nitrogens with zero attached hydrogens (tertiary/aromatic N) is 1. The molecule has 1 aliphatic rings. The first kappa shape index (κ1) is 23.2. The molecule has 1 aromatic carbocycles. The zero-order chi connectivity index (χ0) is 20.8. The van der Waals surface area contributed by atoms with Gasteiger partial charge in [0.05, 0.1) is 17.8 Å². The van der Waals surface area contributed by atoms with Crippen molar-refractivity contribution in [2.24, 2.45) is 0 Å². The van der Waals surface area contributed by atoms with Gasteiger partial charge in [-0.15, -0.1) is 6.58 Å². The summed E-state index contributed by atoms with van der Waals surface area (Å²) >= 11 is 0. The predicted molar refractivity (Wildman–Crippen MR) is 113 cm³/mol. The summed E-state index contributed by atoms with van der Waals surface area (Å²) in [6.07, 6.45) is 0.985. The van der Waals surface area contributed by atoms with Gasteiger partial charge in [-0.3, -0.25) is 4.90 Å². The highest BCUT2D eigenvalue weighted by Gasteiger charge is 2.31. The van der Waals surface area contributed by atoms with Crippen LogP contribution >= 0.6 is 0 Å². The van der Waals surface area contributed by atoms with Gasteiger partial charge >= 0.3 is 6.18 Å². The van der Waals surface area contributed by atoms with Gasteiger partial charge in [0.15, 0.2) is 0 Å². The Labute approximate surface area is 168 Å². The molecule has 1 aromatic rings. The van der Waals surface area contributed by atoms with Gasteiger partial charge < -0.3 is 4.74 Å². The molecular formula is C22H34F3NOSi. The van der Waals surface area contributed by atoms with Gasteiger partial charge in [0.25, 0.3) is 0 Å². The van der Waals surface area contributed by atoms with E-state index in [-0.39, 0.29) is 0 Å². The van der Waals surface area contributed by atoms with E-state index in [2.05, 4.69) is 31.9 Å². The monoisotopic (exact) mass is 413 g/mol.